The first-order valence-electron chi connectivity index (χ1n) is 19.6. The second kappa shape index (κ2) is 15.6. The molecule has 0 bridgehead atoms. The van der Waals surface area contributed by atoms with E-state index in [9.17, 15) is 9.90 Å². The SMILES string of the molecule is COc1cc(OCc2ccccc2)c2c(c1)[C@H](CC1=C(C)[C@H](O[Si](C)(C)C(C)(C)C(C)C)CCC1(C)C)C1C(OCc3ccccc3)=CC=C(O)C1C2=O. The fourth-order valence-corrected chi connectivity index (χ4v) is 11.4. The number of ketones is 1. The Hall–Kier alpha value is -4.07. The molecule has 6 nitrogen and oxygen atoms in total. The van der Waals surface area contributed by atoms with Crippen molar-refractivity contribution >= 4 is 14.1 Å². The molecule has 2 unspecified atom stereocenters. The van der Waals surface area contributed by atoms with Crippen LogP contribution in [0.5, 0.6) is 11.5 Å². The highest BCUT2D eigenvalue weighted by Gasteiger charge is 2.51. The zero-order valence-corrected chi connectivity index (χ0v) is 35.0. The summed E-state index contributed by atoms with van der Waals surface area (Å²) in [6.07, 6.45) is 6.15. The molecular weight excluding hydrogens is 689 g/mol. The summed E-state index contributed by atoms with van der Waals surface area (Å²) in [5, 5.41) is 11.7. The topological polar surface area (TPSA) is 74.2 Å². The van der Waals surface area contributed by atoms with Gasteiger partial charge in [0.05, 0.1) is 24.7 Å². The van der Waals surface area contributed by atoms with E-state index >= 15 is 0 Å². The zero-order valence-electron chi connectivity index (χ0n) is 34.0. The Morgan fingerprint density at radius 3 is 2.13 bits per heavy atom. The number of hydrogen-bond donors (Lipinski definition) is 1. The lowest BCUT2D eigenvalue weighted by molar-refractivity contribution is 0.0709. The van der Waals surface area contributed by atoms with Crippen LogP contribution in [0.3, 0.4) is 0 Å². The second-order valence-corrected chi connectivity index (χ2v) is 22.1. The standard InChI is InChI=1S/C47H60O6Si/c1-30(2)47(6,7)54(9,10)53-39-23-24-46(4,5)37(31(39)3)27-36-35-25-34(50-8)26-41(52-29-33-19-15-12-16-20-33)43(35)45(49)44-38(48)21-22-40(42(36)44)51-28-32-17-13-11-14-18-32/h11-22,25-26,30,36,39,42,44,48H,23-24,27-29H2,1-10H3/t36-,39+,42?,44?/m0/s1. The van der Waals surface area contributed by atoms with Gasteiger partial charge in [0.1, 0.15) is 36.2 Å². The Bertz CT molecular complexity index is 1920. The highest BCUT2D eigenvalue weighted by atomic mass is 28.4. The van der Waals surface area contributed by atoms with E-state index in [0.717, 1.165) is 29.5 Å². The zero-order chi connectivity index (χ0) is 39.0. The van der Waals surface area contributed by atoms with Crippen molar-refractivity contribution in [2.45, 2.75) is 111 Å². The van der Waals surface area contributed by atoms with Crippen molar-refractivity contribution in [3.63, 3.8) is 0 Å². The smallest absolute Gasteiger partial charge is 0.193 e. The van der Waals surface area contributed by atoms with E-state index in [0.29, 0.717) is 48.4 Å². The van der Waals surface area contributed by atoms with Crippen LogP contribution in [0.2, 0.25) is 18.1 Å². The minimum absolute atomic E-state index is 0.0206. The molecule has 3 aromatic rings. The number of allylic oxidation sites excluding steroid dienone is 5. The van der Waals surface area contributed by atoms with Crippen molar-refractivity contribution in [1.82, 2.24) is 0 Å². The van der Waals surface area contributed by atoms with Gasteiger partial charge in [-0.1, -0.05) is 108 Å². The average molecular weight is 749 g/mol. The van der Waals surface area contributed by atoms with Gasteiger partial charge >= 0.3 is 0 Å². The van der Waals surface area contributed by atoms with Gasteiger partial charge in [-0.25, -0.2) is 0 Å². The maximum atomic E-state index is 14.9. The number of fused-ring (bicyclic) bond motifs is 2. The Morgan fingerprint density at radius 2 is 1.54 bits per heavy atom. The highest BCUT2D eigenvalue weighted by molar-refractivity contribution is 6.74. The minimum atomic E-state index is -2.15. The van der Waals surface area contributed by atoms with Crippen LogP contribution in [0.1, 0.15) is 101 Å². The van der Waals surface area contributed by atoms with Crippen LogP contribution >= 0.6 is 0 Å². The fraction of sp³-hybridized carbons (Fsp3) is 0.468. The molecule has 3 aliphatic carbocycles. The van der Waals surface area contributed by atoms with Gasteiger partial charge < -0.3 is 23.7 Å². The predicted molar refractivity (Wildman–Crippen MR) is 219 cm³/mol. The Balaban J connectivity index is 1.48. The van der Waals surface area contributed by atoms with Crippen LogP contribution in [0, 0.1) is 23.2 Å². The largest absolute Gasteiger partial charge is 0.512 e. The summed E-state index contributed by atoms with van der Waals surface area (Å²) in [6, 6.07) is 23.8. The molecule has 3 aliphatic rings. The lowest BCUT2D eigenvalue weighted by Gasteiger charge is -2.48. The maximum Gasteiger partial charge on any atom is 0.193 e. The molecule has 0 aliphatic heterocycles. The summed E-state index contributed by atoms with van der Waals surface area (Å²) < 4.78 is 26.3. The Labute approximate surface area is 324 Å². The summed E-state index contributed by atoms with van der Waals surface area (Å²) in [4.78, 5) is 14.9. The quantitative estimate of drug-likeness (QED) is 0.139. The molecule has 0 saturated heterocycles. The monoisotopic (exact) mass is 748 g/mol. The number of aliphatic hydroxyl groups excluding tert-OH is 1. The summed E-state index contributed by atoms with van der Waals surface area (Å²) in [5.41, 5.74) is 5.94. The van der Waals surface area contributed by atoms with Gasteiger partial charge in [-0.3, -0.25) is 4.79 Å². The number of methoxy groups -OCH3 is 1. The molecule has 0 radical (unpaired) electrons. The molecule has 0 heterocycles. The number of hydrogen-bond acceptors (Lipinski definition) is 6. The number of carbonyl (C=O) groups excluding carboxylic acids is 1. The number of ether oxygens (including phenoxy) is 3. The molecule has 0 saturated carbocycles. The first-order chi connectivity index (χ1) is 25.6. The van der Waals surface area contributed by atoms with E-state index in [1.54, 1.807) is 13.2 Å². The molecule has 0 aromatic heterocycles. The normalized spacial score (nSPS) is 22.6. The van der Waals surface area contributed by atoms with Crippen molar-refractivity contribution in [3.05, 3.63) is 130 Å². The van der Waals surface area contributed by atoms with E-state index in [-0.39, 0.29) is 34.0 Å². The third-order valence-electron chi connectivity index (χ3n) is 13.3. The van der Waals surface area contributed by atoms with Crippen molar-refractivity contribution in [2.75, 3.05) is 7.11 Å². The second-order valence-electron chi connectivity index (χ2n) is 17.6. The third-order valence-corrected chi connectivity index (χ3v) is 17.8. The van der Waals surface area contributed by atoms with Crippen molar-refractivity contribution < 1.29 is 28.5 Å². The molecule has 6 rings (SSSR count). The van der Waals surface area contributed by atoms with Gasteiger partial charge in [-0.2, -0.15) is 0 Å². The van der Waals surface area contributed by atoms with Gasteiger partial charge in [0.2, 0.25) is 0 Å². The summed E-state index contributed by atoms with van der Waals surface area (Å²) in [5.74, 6) is 0.695. The third kappa shape index (κ3) is 7.72. The molecule has 1 N–H and O–H groups in total. The van der Waals surface area contributed by atoms with Gasteiger partial charge in [0.25, 0.3) is 0 Å². The van der Waals surface area contributed by atoms with Gasteiger partial charge in [-0.05, 0) is 102 Å². The van der Waals surface area contributed by atoms with E-state index < -0.39 is 20.2 Å². The van der Waals surface area contributed by atoms with Crippen LogP contribution in [-0.2, 0) is 22.4 Å². The Morgan fingerprint density at radius 1 is 0.926 bits per heavy atom. The van der Waals surface area contributed by atoms with Crippen molar-refractivity contribution in [2.24, 2.45) is 23.2 Å². The van der Waals surface area contributed by atoms with E-state index in [1.165, 1.54) is 11.1 Å². The first-order valence-corrected chi connectivity index (χ1v) is 22.5. The van der Waals surface area contributed by atoms with E-state index in [4.69, 9.17) is 18.6 Å². The molecule has 54 heavy (non-hydrogen) atoms. The van der Waals surface area contributed by atoms with Gasteiger partial charge in [0.15, 0.2) is 14.1 Å². The van der Waals surface area contributed by atoms with Crippen molar-refractivity contribution in [3.8, 4) is 11.5 Å². The number of benzene rings is 3. The van der Waals surface area contributed by atoms with Crippen LogP contribution in [0.15, 0.2) is 108 Å². The number of Topliss-reactive ketones (excluding diaryl/α,β-unsaturated/α-hetero) is 1. The highest BCUT2D eigenvalue weighted by Crippen LogP contribution is 2.56. The summed E-state index contributed by atoms with van der Waals surface area (Å²) in [6.45, 7) is 21.7. The molecule has 0 spiro atoms. The van der Waals surface area contributed by atoms with Crippen molar-refractivity contribution in [1.29, 1.82) is 0 Å². The fourth-order valence-electron chi connectivity index (χ4n) is 8.66. The van der Waals surface area contributed by atoms with Crippen LogP contribution in [0.25, 0.3) is 0 Å². The van der Waals surface area contributed by atoms with E-state index in [1.807, 2.05) is 78.9 Å². The molecule has 0 amide bonds. The molecule has 4 atom stereocenters. The molecular formula is C47H60O6Si. The van der Waals surface area contributed by atoms with Gasteiger partial charge in [-0.15, -0.1) is 0 Å². The number of rotatable bonds is 13. The lowest BCUT2D eigenvalue weighted by atomic mass is 9.60. The average Bonchev–Trinajstić information content (AvgIpc) is 3.14. The molecule has 3 aromatic carbocycles. The summed E-state index contributed by atoms with van der Waals surface area (Å²) in [7, 11) is -0.497. The lowest BCUT2D eigenvalue weighted by Crippen LogP contribution is -2.49. The van der Waals surface area contributed by atoms with Crippen LogP contribution in [0.4, 0.5) is 0 Å². The summed E-state index contributed by atoms with van der Waals surface area (Å²) >= 11 is 0. The molecule has 288 valence electrons. The van der Waals surface area contributed by atoms with Gasteiger partial charge in [0, 0.05) is 12.0 Å². The molecule has 7 heteroatoms. The maximum absolute atomic E-state index is 14.9. The van der Waals surface area contributed by atoms with Crippen LogP contribution in [-0.4, -0.2) is 32.4 Å². The minimum Gasteiger partial charge on any atom is -0.512 e. The van der Waals surface area contributed by atoms with E-state index in [2.05, 4.69) is 61.6 Å². The predicted octanol–water partition coefficient (Wildman–Crippen LogP) is 11.9. The Kier molecular flexibility index (Phi) is 11.4. The number of aliphatic hydroxyl groups is 1. The number of carbonyl (C=O) groups is 1. The van der Waals surface area contributed by atoms with Crippen LogP contribution < -0.4 is 9.47 Å². The molecule has 0 fully saturated rings. The first kappa shape index (κ1) is 39.6.